The van der Waals surface area contributed by atoms with E-state index in [1.54, 1.807) is 6.08 Å². The van der Waals surface area contributed by atoms with E-state index < -0.39 is 18.2 Å². The van der Waals surface area contributed by atoms with E-state index in [1.165, 1.54) is 19.3 Å². The van der Waals surface area contributed by atoms with Gasteiger partial charge in [0.2, 0.25) is 0 Å². The van der Waals surface area contributed by atoms with Crippen molar-refractivity contribution in [2.45, 2.75) is 83.3 Å². The highest BCUT2D eigenvalue weighted by Gasteiger charge is 2.39. The lowest BCUT2D eigenvalue weighted by molar-refractivity contribution is -0.131. The van der Waals surface area contributed by atoms with Crippen LogP contribution < -0.4 is 0 Å². The van der Waals surface area contributed by atoms with Crippen LogP contribution in [0.2, 0.25) is 0 Å². The smallest absolute Gasteiger partial charge is 0.327 e. The topological polar surface area (TPSA) is 94.8 Å². The number of aliphatic hydroxyl groups is 2. The molecule has 2 unspecified atom stereocenters. The average molecular weight is 393 g/mol. The summed E-state index contributed by atoms with van der Waals surface area (Å²) in [6.45, 7) is 2.20. The zero-order valence-corrected chi connectivity index (χ0v) is 17.0. The number of hydrogen-bond acceptors (Lipinski definition) is 4. The van der Waals surface area contributed by atoms with E-state index in [4.69, 9.17) is 5.11 Å². The number of carboxylic acids is 1. The van der Waals surface area contributed by atoms with Crippen molar-refractivity contribution in [2.24, 2.45) is 23.7 Å². The van der Waals surface area contributed by atoms with Gasteiger partial charge in [-0.25, -0.2) is 4.79 Å². The standard InChI is InChI=1S/C23H36O5/c1-2-7-16-10-11-17(14-16)20(24)13-12-19-18(21(25)15-22(19)26)8-5-3-4-6-9-23(27)28/h6,9,12-13,16-20,22,24,26H,2-5,7-8,10-11,14-15H2,1H3,(H,27,28)/b9-6+,13-12+/t16?,17?,18-,19-,20-,22-/m1/s1. The molecule has 2 saturated carbocycles. The summed E-state index contributed by atoms with van der Waals surface area (Å²) in [5.41, 5.74) is 0. The Bertz CT molecular complexity index is 567. The molecule has 6 atom stereocenters. The minimum absolute atomic E-state index is 0.0987. The second-order valence-corrected chi connectivity index (χ2v) is 8.55. The van der Waals surface area contributed by atoms with Crippen LogP contribution in [0.5, 0.6) is 0 Å². The van der Waals surface area contributed by atoms with Gasteiger partial charge in [0.1, 0.15) is 5.78 Å². The first-order chi connectivity index (χ1) is 13.4. The molecular formula is C23H36O5. The molecule has 0 aliphatic heterocycles. The summed E-state index contributed by atoms with van der Waals surface area (Å²) in [5.74, 6) is -0.244. The highest BCUT2D eigenvalue weighted by atomic mass is 16.4. The minimum Gasteiger partial charge on any atom is -0.478 e. The van der Waals surface area contributed by atoms with Gasteiger partial charge in [-0.05, 0) is 43.9 Å². The molecular weight excluding hydrogens is 356 g/mol. The second-order valence-electron chi connectivity index (χ2n) is 8.55. The Morgan fingerprint density at radius 1 is 1.25 bits per heavy atom. The number of carbonyl (C=O) groups excluding carboxylic acids is 1. The highest BCUT2D eigenvalue weighted by molar-refractivity contribution is 5.84. The normalized spacial score (nSPS) is 32.0. The number of allylic oxidation sites excluding steroid dienone is 1. The Morgan fingerprint density at radius 3 is 2.75 bits per heavy atom. The van der Waals surface area contributed by atoms with Gasteiger partial charge in [-0.2, -0.15) is 0 Å². The molecule has 0 bridgehead atoms. The molecule has 0 aromatic heterocycles. The van der Waals surface area contributed by atoms with Crippen LogP contribution in [0.4, 0.5) is 0 Å². The van der Waals surface area contributed by atoms with E-state index >= 15 is 0 Å². The molecule has 2 fully saturated rings. The van der Waals surface area contributed by atoms with Gasteiger partial charge in [-0.3, -0.25) is 4.79 Å². The molecule has 0 saturated heterocycles. The first-order valence-corrected chi connectivity index (χ1v) is 10.9. The summed E-state index contributed by atoms with van der Waals surface area (Å²) in [6.07, 6.45) is 14.2. The van der Waals surface area contributed by atoms with Crippen LogP contribution in [-0.2, 0) is 9.59 Å². The van der Waals surface area contributed by atoms with Crippen LogP contribution in [0.15, 0.2) is 24.3 Å². The van der Waals surface area contributed by atoms with E-state index in [9.17, 15) is 19.8 Å². The Hall–Kier alpha value is -1.46. The molecule has 0 spiro atoms. The number of aliphatic carboxylic acids is 1. The molecule has 2 aliphatic rings. The van der Waals surface area contributed by atoms with Crippen molar-refractivity contribution in [3.63, 3.8) is 0 Å². The molecule has 5 heteroatoms. The van der Waals surface area contributed by atoms with Gasteiger partial charge >= 0.3 is 5.97 Å². The number of aliphatic hydroxyl groups excluding tert-OH is 2. The van der Waals surface area contributed by atoms with Gasteiger partial charge in [0.25, 0.3) is 0 Å². The Morgan fingerprint density at radius 2 is 2.04 bits per heavy atom. The van der Waals surface area contributed by atoms with Crippen LogP contribution in [0.1, 0.15) is 71.1 Å². The fourth-order valence-corrected chi connectivity index (χ4v) is 4.90. The van der Waals surface area contributed by atoms with Crippen LogP contribution in [0.25, 0.3) is 0 Å². The molecule has 0 amide bonds. The van der Waals surface area contributed by atoms with E-state index in [1.807, 2.05) is 12.2 Å². The van der Waals surface area contributed by atoms with Crippen molar-refractivity contribution in [1.82, 2.24) is 0 Å². The van der Waals surface area contributed by atoms with Crippen molar-refractivity contribution < 1.29 is 24.9 Å². The predicted octanol–water partition coefficient (Wildman–Crippen LogP) is 3.89. The number of ketones is 1. The molecule has 2 aliphatic carbocycles. The molecule has 0 aromatic carbocycles. The maximum atomic E-state index is 12.3. The minimum atomic E-state index is -0.943. The average Bonchev–Trinajstić information content (AvgIpc) is 3.21. The summed E-state index contributed by atoms with van der Waals surface area (Å²) in [6, 6.07) is 0. The van der Waals surface area contributed by atoms with Crippen LogP contribution in [-0.4, -0.2) is 39.3 Å². The number of Topliss-reactive ketones (excluding diaryl/α,β-unsaturated/α-hetero) is 1. The van der Waals surface area contributed by atoms with E-state index in [0.29, 0.717) is 18.8 Å². The lowest BCUT2D eigenvalue weighted by Gasteiger charge is -2.19. The molecule has 28 heavy (non-hydrogen) atoms. The van der Waals surface area contributed by atoms with Crippen molar-refractivity contribution in [3.05, 3.63) is 24.3 Å². The summed E-state index contributed by atoms with van der Waals surface area (Å²) in [5, 5.41) is 29.4. The number of hydrogen-bond donors (Lipinski definition) is 3. The molecule has 3 N–H and O–H groups in total. The van der Waals surface area contributed by atoms with E-state index in [-0.39, 0.29) is 24.0 Å². The molecule has 0 aromatic rings. The lowest BCUT2D eigenvalue weighted by Crippen LogP contribution is -2.21. The van der Waals surface area contributed by atoms with Crippen LogP contribution in [0.3, 0.4) is 0 Å². The first-order valence-electron chi connectivity index (χ1n) is 10.9. The van der Waals surface area contributed by atoms with Gasteiger partial charge in [0.05, 0.1) is 12.2 Å². The van der Waals surface area contributed by atoms with Gasteiger partial charge in [-0.15, -0.1) is 0 Å². The monoisotopic (exact) mass is 392 g/mol. The SMILES string of the molecule is CCCC1CCC([C@H](O)/C=C/[C@H]2[C@H](O)CC(=O)[C@@H]2CCCC/C=C/C(=O)O)C1. The number of carbonyl (C=O) groups is 2. The maximum Gasteiger partial charge on any atom is 0.327 e. The van der Waals surface area contributed by atoms with Gasteiger partial charge < -0.3 is 15.3 Å². The third-order valence-corrected chi connectivity index (χ3v) is 6.42. The number of unbranched alkanes of at least 4 members (excludes halogenated alkanes) is 2. The lowest BCUT2D eigenvalue weighted by atomic mass is 9.87. The summed E-state index contributed by atoms with van der Waals surface area (Å²) in [7, 11) is 0. The first kappa shape index (κ1) is 22.8. The van der Waals surface area contributed by atoms with Crippen LogP contribution >= 0.6 is 0 Å². The number of rotatable bonds is 11. The van der Waals surface area contributed by atoms with Gasteiger partial charge in [-0.1, -0.05) is 50.8 Å². The molecule has 5 nitrogen and oxygen atoms in total. The van der Waals surface area contributed by atoms with Crippen LogP contribution in [0, 0.1) is 23.7 Å². The molecule has 158 valence electrons. The molecule has 2 rings (SSSR count). The fourth-order valence-electron chi connectivity index (χ4n) is 4.90. The van der Waals surface area contributed by atoms with Crippen molar-refractivity contribution >= 4 is 11.8 Å². The predicted molar refractivity (Wildman–Crippen MR) is 109 cm³/mol. The Labute approximate surface area is 168 Å². The summed E-state index contributed by atoms with van der Waals surface area (Å²) >= 11 is 0. The Kier molecular flexibility index (Phi) is 9.39. The molecule has 0 radical (unpaired) electrons. The number of carboxylic acid groups (broad SMARTS) is 1. The highest BCUT2D eigenvalue weighted by Crippen LogP contribution is 2.37. The quantitative estimate of drug-likeness (QED) is 0.282. The third kappa shape index (κ3) is 6.85. The van der Waals surface area contributed by atoms with Crippen molar-refractivity contribution in [2.75, 3.05) is 0 Å². The van der Waals surface area contributed by atoms with Gasteiger partial charge in [0.15, 0.2) is 0 Å². The summed E-state index contributed by atoms with van der Waals surface area (Å²) < 4.78 is 0. The largest absolute Gasteiger partial charge is 0.478 e. The zero-order valence-electron chi connectivity index (χ0n) is 17.0. The van der Waals surface area contributed by atoms with Crippen molar-refractivity contribution in [1.29, 1.82) is 0 Å². The Balaban J connectivity index is 1.83. The zero-order chi connectivity index (χ0) is 20.5. The van der Waals surface area contributed by atoms with E-state index in [0.717, 1.165) is 37.7 Å². The second kappa shape index (κ2) is 11.5. The fraction of sp³-hybridized carbons (Fsp3) is 0.739. The van der Waals surface area contributed by atoms with Gasteiger partial charge in [0, 0.05) is 24.3 Å². The van der Waals surface area contributed by atoms with Crippen molar-refractivity contribution in [3.8, 4) is 0 Å². The van der Waals surface area contributed by atoms with E-state index in [2.05, 4.69) is 6.92 Å². The summed E-state index contributed by atoms with van der Waals surface area (Å²) in [4.78, 5) is 22.7. The molecule has 0 heterocycles. The maximum absolute atomic E-state index is 12.3. The third-order valence-electron chi connectivity index (χ3n) is 6.42.